The van der Waals surface area contributed by atoms with Crippen LogP contribution < -0.4 is 5.73 Å². The van der Waals surface area contributed by atoms with Crippen LogP contribution in [0, 0.1) is 11.7 Å². The van der Waals surface area contributed by atoms with Crippen molar-refractivity contribution in [3.8, 4) is 0 Å². The van der Waals surface area contributed by atoms with Crippen LogP contribution in [0.25, 0.3) is 0 Å². The molecule has 0 aliphatic carbocycles. The van der Waals surface area contributed by atoms with Gasteiger partial charge in [0.2, 0.25) is 0 Å². The first-order valence-electron chi connectivity index (χ1n) is 6.69. The van der Waals surface area contributed by atoms with E-state index in [1.807, 2.05) is 0 Å². The number of piperidine rings is 1. The molecule has 0 aromatic heterocycles. The van der Waals surface area contributed by atoms with Gasteiger partial charge in [-0.25, -0.2) is 4.39 Å². The number of likely N-dealkylation sites (tertiary alicyclic amines) is 1. The molecule has 0 unspecified atom stereocenters. The highest BCUT2D eigenvalue weighted by Crippen LogP contribution is 2.33. The van der Waals surface area contributed by atoms with Gasteiger partial charge in [0.1, 0.15) is 5.82 Å². The summed E-state index contributed by atoms with van der Waals surface area (Å²) in [6, 6.07) is 2.76. The van der Waals surface area contributed by atoms with E-state index in [1.165, 1.54) is 4.90 Å². The van der Waals surface area contributed by atoms with E-state index in [-0.39, 0.29) is 0 Å². The van der Waals surface area contributed by atoms with E-state index in [0.29, 0.717) is 44.5 Å². The van der Waals surface area contributed by atoms with E-state index >= 15 is 0 Å². The minimum Gasteiger partial charge on any atom is -0.339 e. The van der Waals surface area contributed by atoms with Crippen LogP contribution >= 0.6 is 0 Å². The van der Waals surface area contributed by atoms with Crippen LogP contribution in [0.15, 0.2) is 18.2 Å². The van der Waals surface area contributed by atoms with Gasteiger partial charge in [-0.15, -0.1) is 0 Å². The van der Waals surface area contributed by atoms with Gasteiger partial charge in [-0.05, 0) is 37.4 Å². The van der Waals surface area contributed by atoms with E-state index in [4.69, 9.17) is 5.73 Å². The van der Waals surface area contributed by atoms with Crippen molar-refractivity contribution < 1.29 is 22.4 Å². The number of hydrogen-bond donors (Lipinski definition) is 1. The number of hydrogen-bond acceptors (Lipinski definition) is 2. The first kappa shape index (κ1) is 15.8. The van der Waals surface area contributed by atoms with Crippen molar-refractivity contribution in [2.24, 2.45) is 11.7 Å². The Morgan fingerprint density at radius 1 is 1.29 bits per heavy atom. The first-order chi connectivity index (χ1) is 9.84. The zero-order valence-corrected chi connectivity index (χ0v) is 11.3. The van der Waals surface area contributed by atoms with Gasteiger partial charge in [0.25, 0.3) is 5.91 Å². The van der Waals surface area contributed by atoms with E-state index in [9.17, 15) is 22.4 Å². The molecule has 1 aliphatic rings. The Morgan fingerprint density at radius 2 is 1.90 bits per heavy atom. The van der Waals surface area contributed by atoms with Gasteiger partial charge in [0.15, 0.2) is 0 Å². The lowest BCUT2D eigenvalue weighted by Gasteiger charge is -2.31. The Morgan fingerprint density at radius 3 is 2.43 bits per heavy atom. The molecule has 1 saturated heterocycles. The third-order valence-corrected chi connectivity index (χ3v) is 3.77. The number of carbonyl (C=O) groups is 1. The minimum atomic E-state index is -4.81. The van der Waals surface area contributed by atoms with Crippen molar-refractivity contribution in [2.45, 2.75) is 19.0 Å². The van der Waals surface area contributed by atoms with Crippen LogP contribution in [0.5, 0.6) is 0 Å². The van der Waals surface area contributed by atoms with Gasteiger partial charge < -0.3 is 10.6 Å². The third kappa shape index (κ3) is 3.34. The minimum absolute atomic E-state index is 0.306. The molecule has 7 heteroatoms. The van der Waals surface area contributed by atoms with Crippen LogP contribution in [-0.4, -0.2) is 30.4 Å². The Kier molecular flexibility index (Phi) is 4.51. The monoisotopic (exact) mass is 304 g/mol. The molecule has 1 aromatic rings. The molecular formula is C14H16F4N2O. The van der Waals surface area contributed by atoms with Crippen molar-refractivity contribution in [1.29, 1.82) is 0 Å². The highest BCUT2D eigenvalue weighted by molar-refractivity contribution is 5.94. The molecule has 1 aliphatic heterocycles. The van der Waals surface area contributed by atoms with Crippen molar-refractivity contribution >= 4 is 5.91 Å². The normalized spacial score (nSPS) is 17.1. The summed E-state index contributed by atoms with van der Waals surface area (Å²) in [5.74, 6) is -1.90. The number of rotatable bonds is 2. The molecule has 3 nitrogen and oxygen atoms in total. The summed E-state index contributed by atoms with van der Waals surface area (Å²) in [6.07, 6.45) is -3.45. The fraction of sp³-hybridized carbons (Fsp3) is 0.500. The number of amides is 1. The molecule has 0 saturated carbocycles. The summed E-state index contributed by atoms with van der Waals surface area (Å²) >= 11 is 0. The summed E-state index contributed by atoms with van der Waals surface area (Å²) in [4.78, 5) is 13.6. The molecule has 1 aromatic carbocycles. The number of alkyl halides is 3. The van der Waals surface area contributed by atoms with Crippen LogP contribution in [0.2, 0.25) is 0 Å². The highest BCUT2D eigenvalue weighted by atomic mass is 19.4. The second kappa shape index (κ2) is 6.01. The summed E-state index contributed by atoms with van der Waals surface area (Å²) in [5, 5.41) is 0. The van der Waals surface area contributed by atoms with Gasteiger partial charge in [0, 0.05) is 13.1 Å². The molecular weight excluding hydrogens is 288 g/mol. The SMILES string of the molecule is NCC1CCN(C(=O)c2cccc(C(F)(F)F)c2F)CC1. The molecule has 1 amide bonds. The number of halogens is 4. The predicted molar refractivity (Wildman–Crippen MR) is 69.1 cm³/mol. The zero-order valence-electron chi connectivity index (χ0n) is 11.3. The smallest absolute Gasteiger partial charge is 0.339 e. The Balaban J connectivity index is 2.21. The maximum Gasteiger partial charge on any atom is 0.419 e. The lowest BCUT2D eigenvalue weighted by atomic mass is 9.96. The predicted octanol–water partition coefficient (Wildman–Crippen LogP) is 2.66. The second-order valence-corrected chi connectivity index (χ2v) is 5.14. The highest BCUT2D eigenvalue weighted by Gasteiger charge is 2.36. The quantitative estimate of drug-likeness (QED) is 0.854. The maximum atomic E-state index is 13.9. The third-order valence-electron chi connectivity index (χ3n) is 3.77. The molecule has 0 bridgehead atoms. The van der Waals surface area contributed by atoms with Crippen molar-refractivity contribution in [2.75, 3.05) is 19.6 Å². The molecule has 21 heavy (non-hydrogen) atoms. The number of nitrogens with two attached hydrogens (primary N) is 1. The summed E-state index contributed by atoms with van der Waals surface area (Å²) in [7, 11) is 0. The lowest BCUT2D eigenvalue weighted by molar-refractivity contribution is -0.140. The standard InChI is InChI=1S/C14H16F4N2O/c15-12-10(2-1-3-11(12)14(16,17)18)13(21)20-6-4-9(8-19)5-7-20/h1-3,9H,4-8,19H2. The Hall–Kier alpha value is -1.63. The van der Waals surface area contributed by atoms with Gasteiger partial charge in [-0.2, -0.15) is 13.2 Å². The Labute approximate surface area is 119 Å². The Bertz CT molecular complexity index is 522. The van der Waals surface area contributed by atoms with Crippen molar-refractivity contribution in [3.05, 3.63) is 35.1 Å². The molecule has 2 N–H and O–H groups in total. The summed E-state index contributed by atoms with van der Waals surface area (Å²) in [6.45, 7) is 1.28. The van der Waals surface area contributed by atoms with Gasteiger partial charge in [-0.3, -0.25) is 4.79 Å². The average Bonchev–Trinajstić information content (AvgIpc) is 2.45. The van der Waals surface area contributed by atoms with E-state index in [1.54, 1.807) is 0 Å². The van der Waals surface area contributed by atoms with Gasteiger partial charge in [-0.1, -0.05) is 6.07 Å². The average molecular weight is 304 g/mol. The molecule has 0 spiro atoms. The summed E-state index contributed by atoms with van der Waals surface area (Å²) in [5.41, 5.74) is 3.60. The largest absolute Gasteiger partial charge is 0.419 e. The first-order valence-corrected chi connectivity index (χ1v) is 6.69. The maximum absolute atomic E-state index is 13.9. The van der Waals surface area contributed by atoms with Crippen LogP contribution in [0.3, 0.4) is 0 Å². The number of benzene rings is 1. The van der Waals surface area contributed by atoms with Crippen molar-refractivity contribution in [3.63, 3.8) is 0 Å². The lowest BCUT2D eigenvalue weighted by Crippen LogP contribution is -2.40. The molecule has 1 heterocycles. The van der Waals surface area contributed by atoms with Crippen LogP contribution in [0.1, 0.15) is 28.8 Å². The second-order valence-electron chi connectivity index (χ2n) is 5.14. The molecule has 116 valence electrons. The molecule has 2 rings (SSSR count). The van der Waals surface area contributed by atoms with E-state index in [2.05, 4.69) is 0 Å². The molecule has 1 fully saturated rings. The number of nitrogens with zero attached hydrogens (tertiary/aromatic N) is 1. The fourth-order valence-electron chi connectivity index (χ4n) is 2.46. The number of carbonyl (C=O) groups excluding carboxylic acids is 1. The zero-order chi connectivity index (χ0) is 15.6. The van der Waals surface area contributed by atoms with Crippen LogP contribution in [0.4, 0.5) is 17.6 Å². The topological polar surface area (TPSA) is 46.3 Å². The summed E-state index contributed by atoms with van der Waals surface area (Å²) < 4.78 is 51.9. The molecule has 0 radical (unpaired) electrons. The van der Waals surface area contributed by atoms with Gasteiger partial charge >= 0.3 is 6.18 Å². The van der Waals surface area contributed by atoms with Crippen molar-refractivity contribution in [1.82, 2.24) is 4.90 Å². The van der Waals surface area contributed by atoms with E-state index < -0.39 is 29.0 Å². The fourth-order valence-corrected chi connectivity index (χ4v) is 2.46. The van der Waals surface area contributed by atoms with E-state index in [0.717, 1.165) is 12.1 Å². The molecule has 0 atom stereocenters. The van der Waals surface area contributed by atoms with Crippen LogP contribution in [-0.2, 0) is 6.18 Å². The van der Waals surface area contributed by atoms with Gasteiger partial charge in [0.05, 0.1) is 11.1 Å².